The van der Waals surface area contributed by atoms with Crippen molar-refractivity contribution in [3.8, 4) is 0 Å². The number of rotatable bonds is 6. The topological polar surface area (TPSA) is 0 Å². The molecule has 0 aromatic rings. The largest absolute Gasteiger partial charge is 0.0631 e. The van der Waals surface area contributed by atoms with Crippen LogP contribution in [0.1, 0.15) is 120 Å². The van der Waals surface area contributed by atoms with Crippen LogP contribution in [0.15, 0.2) is 23.3 Å². The molecule has 3 fully saturated rings. The highest BCUT2D eigenvalue weighted by molar-refractivity contribution is 5.39. The molecule has 4 rings (SSSR count). The highest BCUT2D eigenvalue weighted by Crippen LogP contribution is 2.67. The molecule has 0 spiro atoms. The highest BCUT2D eigenvalue weighted by atomic mass is 14.6. The summed E-state index contributed by atoms with van der Waals surface area (Å²) in [6.07, 6.45) is 19.6. The quantitative estimate of drug-likeness (QED) is 0.398. The first-order chi connectivity index (χ1) is 14.5. The van der Waals surface area contributed by atoms with E-state index in [0.29, 0.717) is 16.2 Å². The monoisotopic (exact) mass is 424 g/mol. The van der Waals surface area contributed by atoms with E-state index in [1.165, 1.54) is 64.2 Å². The van der Waals surface area contributed by atoms with E-state index >= 15 is 0 Å². The maximum absolute atomic E-state index is 2.70. The molecule has 0 N–H and O–H groups in total. The smallest absolute Gasteiger partial charge is 0.00472 e. The van der Waals surface area contributed by atoms with Crippen molar-refractivity contribution in [3.05, 3.63) is 23.3 Å². The van der Waals surface area contributed by atoms with E-state index in [1.807, 2.05) is 5.57 Å². The second-order valence-corrected chi connectivity index (χ2v) is 13.9. The van der Waals surface area contributed by atoms with Crippen LogP contribution in [0.5, 0.6) is 0 Å². The van der Waals surface area contributed by atoms with Gasteiger partial charge in [0, 0.05) is 0 Å². The van der Waals surface area contributed by atoms with Crippen molar-refractivity contribution in [2.45, 2.75) is 120 Å². The molecule has 0 nitrogen and oxygen atoms in total. The van der Waals surface area contributed by atoms with E-state index in [-0.39, 0.29) is 0 Å². The van der Waals surface area contributed by atoms with Crippen LogP contribution in [0, 0.1) is 51.8 Å². The first-order valence-corrected chi connectivity index (χ1v) is 13.9. The van der Waals surface area contributed by atoms with Gasteiger partial charge in [0.1, 0.15) is 0 Å². The van der Waals surface area contributed by atoms with E-state index in [2.05, 4.69) is 67.5 Å². The zero-order valence-electron chi connectivity index (χ0n) is 22.2. The summed E-state index contributed by atoms with van der Waals surface area (Å²) in [5, 5.41) is 0. The Morgan fingerprint density at radius 2 is 1.58 bits per heavy atom. The van der Waals surface area contributed by atoms with Crippen molar-refractivity contribution in [1.82, 2.24) is 0 Å². The summed E-state index contributed by atoms with van der Waals surface area (Å²) in [5.74, 6) is 5.18. The van der Waals surface area contributed by atoms with Gasteiger partial charge in [-0.25, -0.2) is 0 Å². The van der Waals surface area contributed by atoms with E-state index in [1.54, 1.807) is 5.57 Å². The van der Waals surface area contributed by atoms with Gasteiger partial charge < -0.3 is 0 Å². The van der Waals surface area contributed by atoms with Crippen molar-refractivity contribution in [2.75, 3.05) is 0 Å². The van der Waals surface area contributed by atoms with Crippen molar-refractivity contribution in [1.29, 1.82) is 0 Å². The van der Waals surface area contributed by atoms with Crippen LogP contribution in [0.2, 0.25) is 0 Å². The van der Waals surface area contributed by atoms with Gasteiger partial charge in [0.2, 0.25) is 0 Å². The molecular weight excluding hydrogens is 372 g/mol. The Labute approximate surface area is 194 Å². The fraction of sp³-hybridized carbons (Fsp3) is 0.871. The van der Waals surface area contributed by atoms with E-state index in [0.717, 1.165) is 35.5 Å². The van der Waals surface area contributed by atoms with Crippen LogP contribution in [0.4, 0.5) is 0 Å². The third-order valence-electron chi connectivity index (χ3n) is 11.5. The van der Waals surface area contributed by atoms with Gasteiger partial charge in [-0.2, -0.15) is 0 Å². The Balaban J connectivity index is 1.54. The number of hydrogen-bond acceptors (Lipinski definition) is 0. The van der Waals surface area contributed by atoms with Crippen LogP contribution in [0.3, 0.4) is 0 Å². The van der Waals surface area contributed by atoms with Crippen LogP contribution in [-0.2, 0) is 0 Å². The minimum Gasteiger partial charge on any atom is -0.0631 e. The fourth-order valence-corrected chi connectivity index (χ4v) is 8.71. The lowest BCUT2D eigenvalue weighted by atomic mass is 9.47. The average Bonchev–Trinajstić information content (AvgIpc) is 3.05. The minimum absolute atomic E-state index is 0.445. The SMILES string of the molecule is CC(C)CCCC(C)C1CCC2C3=CC=C4CC(C)(C(C)C)CCC4(C)C3CCC21C. The zero-order valence-corrected chi connectivity index (χ0v) is 22.2. The van der Waals surface area contributed by atoms with Crippen molar-refractivity contribution < 1.29 is 0 Å². The number of fused-ring (bicyclic) bond motifs is 5. The number of hydrogen-bond donors (Lipinski definition) is 0. The third-order valence-corrected chi connectivity index (χ3v) is 11.5. The summed E-state index contributed by atoms with van der Waals surface area (Å²) >= 11 is 0. The lowest BCUT2D eigenvalue weighted by Crippen LogP contribution is -2.47. The summed E-state index contributed by atoms with van der Waals surface area (Å²) in [6, 6.07) is 0. The second-order valence-electron chi connectivity index (χ2n) is 13.9. The molecule has 0 aromatic carbocycles. The summed E-state index contributed by atoms with van der Waals surface area (Å²) in [6.45, 7) is 20.1. The van der Waals surface area contributed by atoms with Gasteiger partial charge in [-0.3, -0.25) is 0 Å². The van der Waals surface area contributed by atoms with E-state index in [9.17, 15) is 0 Å². The molecular formula is C31H52. The molecule has 0 radical (unpaired) electrons. The normalized spacial score (nSPS) is 43.2. The Kier molecular flexibility index (Phi) is 6.37. The molecule has 0 saturated heterocycles. The third kappa shape index (κ3) is 3.91. The molecule has 0 aromatic heterocycles. The van der Waals surface area contributed by atoms with Crippen molar-refractivity contribution in [2.24, 2.45) is 51.8 Å². The predicted molar refractivity (Wildman–Crippen MR) is 136 cm³/mol. The summed E-state index contributed by atoms with van der Waals surface area (Å²) < 4.78 is 0. The fourth-order valence-electron chi connectivity index (χ4n) is 8.71. The molecule has 7 unspecified atom stereocenters. The van der Waals surface area contributed by atoms with Gasteiger partial charge in [0.05, 0.1) is 0 Å². The molecule has 0 bridgehead atoms. The van der Waals surface area contributed by atoms with Crippen LogP contribution >= 0.6 is 0 Å². The van der Waals surface area contributed by atoms with Gasteiger partial charge in [-0.1, -0.05) is 98.0 Å². The molecule has 0 aliphatic heterocycles. The Bertz CT molecular complexity index is 722. The van der Waals surface area contributed by atoms with Gasteiger partial charge in [-0.05, 0) is 96.7 Å². The lowest BCUT2D eigenvalue weighted by molar-refractivity contribution is 0.0285. The first-order valence-electron chi connectivity index (χ1n) is 13.9. The van der Waals surface area contributed by atoms with Crippen molar-refractivity contribution in [3.63, 3.8) is 0 Å². The van der Waals surface area contributed by atoms with Crippen LogP contribution in [-0.4, -0.2) is 0 Å². The van der Waals surface area contributed by atoms with Crippen LogP contribution in [0.25, 0.3) is 0 Å². The maximum Gasteiger partial charge on any atom is -0.00472 e. The Hall–Kier alpha value is -0.520. The maximum atomic E-state index is 2.70. The second kappa shape index (κ2) is 8.36. The van der Waals surface area contributed by atoms with Gasteiger partial charge >= 0.3 is 0 Å². The summed E-state index contributed by atoms with van der Waals surface area (Å²) in [5.41, 5.74) is 5.18. The number of allylic oxidation sites excluding steroid dienone is 4. The lowest BCUT2D eigenvalue weighted by Gasteiger charge is -2.57. The summed E-state index contributed by atoms with van der Waals surface area (Å²) in [4.78, 5) is 0. The van der Waals surface area contributed by atoms with Crippen LogP contribution < -0.4 is 0 Å². The molecule has 0 heteroatoms. The molecule has 176 valence electrons. The van der Waals surface area contributed by atoms with Gasteiger partial charge in [-0.15, -0.1) is 0 Å². The Morgan fingerprint density at radius 3 is 2.26 bits per heavy atom. The molecule has 31 heavy (non-hydrogen) atoms. The molecule has 0 heterocycles. The van der Waals surface area contributed by atoms with Gasteiger partial charge in [0.25, 0.3) is 0 Å². The summed E-state index contributed by atoms with van der Waals surface area (Å²) in [7, 11) is 0. The average molecular weight is 425 g/mol. The molecule has 4 aliphatic carbocycles. The molecule has 4 aliphatic rings. The predicted octanol–water partition coefficient (Wildman–Crippen LogP) is 9.61. The molecule has 3 saturated carbocycles. The van der Waals surface area contributed by atoms with Crippen molar-refractivity contribution >= 4 is 0 Å². The minimum atomic E-state index is 0.445. The standard InChI is InChI=1S/C31H52/c1-21(2)10-9-11-23(5)26-14-15-27-25-13-12-24-20-29(6,22(3)4)18-19-30(24,7)28(25)16-17-31(26,27)8/h12-13,21-23,26-28H,9-11,14-20H2,1-8H3. The first kappa shape index (κ1) is 23.6. The van der Waals surface area contributed by atoms with Gasteiger partial charge in [0.15, 0.2) is 0 Å². The van der Waals surface area contributed by atoms with E-state index in [4.69, 9.17) is 0 Å². The molecule has 0 amide bonds. The Morgan fingerprint density at radius 1 is 0.839 bits per heavy atom. The van der Waals surface area contributed by atoms with E-state index < -0.39 is 0 Å². The zero-order chi connectivity index (χ0) is 22.6. The highest BCUT2D eigenvalue weighted by Gasteiger charge is 2.57. The molecule has 7 atom stereocenters.